The lowest BCUT2D eigenvalue weighted by molar-refractivity contribution is 0.992. The molecule has 3 aromatic heterocycles. The third kappa shape index (κ3) is 5.27. The molecule has 0 aliphatic rings. The van der Waals surface area contributed by atoms with E-state index in [0.29, 0.717) is 5.95 Å². The summed E-state index contributed by atoms with van der Waals surface area (Å²) in [6, 6.07) is 76.7. The molecule has 0 aliphatic heterocycles. The summed E-state index contributed by atoms with van der Waals surface area (Å²) in [5, 5.41) is 12.5. The second-order valence-electron chi connectivity index (χ2n) is 16.2. The normalized spacial score (nSPS) is 11.9. The van der Waals surface area contributed by atoms with E-state index in [1.165, 1.54) is 87.1 Å². The fourth-order valence-electron chi connectivity index (χ4n) is 9.91. The maximum absolute atomic E-state index is 5.21. The van der Waals surface area contributed by atoms with E-state index in [2.05, 4.69) is 215 Å². The first-order valence-electron chi connectivity index (χ1n) is 21.1. The first-order chi connectivity index (χ1) is 30.7. The minimum atomic E-state index is 0.648. The van der Waals surface area contributed by atoms with Gasteiger partial charge < -0.3 is 4.57 Å². The molecule has 10 aromatic carbocycles. The predicted molar refractivity (Wildman–Crippen MR) is 260 cm³/mol. The van der Waals surface area contributed by atoms with Crippen LogP contribution in [0.2, 0.25) is 0 Å². The lowest BCUT2D eigenvalue weighted by Crippen LogP contribution is -2.01. The minimum Gasteiger partial charge on any atom is -0.309 e. The van der Waals surface area contributed by atoms with Crippen LogP contribution in [0, 0.1) is 0 Å². The number of para-hydroxylation sites is 3. The monoisotopic (exact) mass is 788 g/mol. The molecule has 0 atom stereocenters. The van der Waals surface area contributed by atoms with Crippen LogP contribution in [0.3, 0.4) is 0 Å². The van der Waals surface area contributed by atoms with Crippen molar-refractivity contribution < 1.29 is 0 Å². The van der Waals surface area contributed by atoms with Crippen molar-refractivity contribution in [2.45, 2.75) is 0 Å². The number of nitrogens with zero attached hydrogens (tertiary/aromatic N) is 4. The first-order valence-corrected chi connectivity index (χ1v) is 21.1. The summed E-state index contributed by atoms with van der Waals surface area (Å²) in [6.45, 7) is 0. The Balaban J connectivity index is 0.875. The molecule has 0 aliphatic carbocycles. The van der Waals surface area contributed by atoms with Gasteiger partial charge in [-0.25, -0.2) is 9.97 Å². The molecule has 0 saturated carbocycles. The Kier molecular flexibility index (Phi) is 7.57. The molecule has 13 rings (SSSR count). The summed E-state index contributed by atoms with van der Waals surface area (Å²) >= 11 is 0. The van der Waals surface area contributed by atoms with Crippen LogP contribution in [0.5, 0.6) is 0 Å². The fourth-order valence-corrected chi connectivity index (χ4v) is 9.91. The van der Waals surface area contributed by atoms with Crippen LogP contribution in [0.4, 0.5) is 0 Å². The molecule has 0 bridgehead atoms. The molecule has 0 saturated heterocycles. The van der Waals surface area contributed by atoms with Crippen LogP contribution in [0.25, 0.3) is 121 Å². The fraction of sp³-hybridized carbons (Fsp3) is 0. The topological polar surface area (TPSA) is 35.6 Å². The van der Waals surface area contributed by atoms with E-state index < -0.39 is 0 Å². The molecule has 0 fully saturated rings. The number of hydrogen-bond acceptors (Lipinski definition) is 2. The Bertz CT molecular complexity index is 3880. The number of fused-ring (bicyclic) bond motifs is 12. The summed E-state index contributed by atoms with van der Waals surface area (Å²) in [5.41, 5.74) is 12.3. The first kappa shape index (κ1) is 34.5. The van der Waals surface area contributed by atoms with Gasteiger partial charge in [-0.1, -0.05) is 152 Å². The van der Waals surface area contributed by atoms with Gasteiger partial charge in [0.15, 0.2) is 0 Å². The Labute approximate surface area is 357 Å². The van der Waals surface area contributed by atoms with Crippen molar-refractivity contribution in [3.63, 3.8) is 0 Å². The second-order valence-corrected chi connectivity index (χ2v) is 16.2. The van der Waals surface area contributed by atoms with Crippen molar-refractivity contribution in [2.75, 3.05) is 0 Å². The Hall–Kier alpha value is -8.34. The van der Waals surface area contributed by atoms with Gasteiger partial charge in [-0.15, -0.1) is 0 Å². The summed E-state index contributed by atoms with van der Waals surface area (Å²) in [7, 11) is 0. The van der Waals surface area contributed by atoms with E-state index in [1.807, 2.05) is 12.3 Å². The molecular formula is C58H36N4. The molecule has 4 heteroatoms. The third-order valence-electron chi connectivity index (χ3n) is 12.8. The highest BCUT2D eigenvalue weighted by molar-refractivity contribution is 6.25. The molecule has 0 amide bonds. The average Bonchev–Trinajstić information content (AvgIpc) is 3.86. The van der Waals surface area contributed by atoms with E-state index in [1.54, 1.807) is 0 Å². The van der Waals surface area contributed by atoms with Gasteiger partial charge in [0.25, 0.3) is 0 Å². The van der Waals surface area contributed by atoms with Crippen LogP contribution >= 0.6 is 0 Å². The highest BCUT2D eigenvalue weighted by atomic mass is 15.2. The molecule has 4 nitrogen and oxygen atoms in total. The van der Waals surface area contributed by atoms with Gasteiger partial charge in [0.2, 0.25) is 5.95 Å². The quantitative estimate of drug-likeness (QED) is 0.163. The zero-order valence-electron chi connectivity index (χ0n) is 33.6. The highest BCUT2D eigenvalue weighted by Gasteiger charge is 2.18. The van der Waals surface area contributed by atoms with Crippen molar-refractivity contribution in [2.24, 2.45) is 0 Å². The predicted octanol–water partition coefficient (Wildman–Crippen LogP) is 15.1. The average molecular weight is 789 g/mol. The van der Waals surface area contributed by atoms with Crippen molar-refractivity contribution in [3.8, 4) is 45.1 Å². The molecule has 0 spiro atoms. The van der Waals surface area contributed by atoms with E-state index in [9.17, 15) is 0 Å². The molecule has 62 heavy (non-hydrogen) atoms. The lowest BCUT2D eigenvalue weighted by Gasteiger charge is -2.12. The zero-order valence-corrected chi connectivity index (χ0v) is 33.6. The van der Waals surface area contributed by atoms with Crippen LogP contribution < -0.4 is 0 Å². The largest absolute Gasteiger partial charge is 0.309 e. The molecule has 3 heterocycles. The van der Waals surface area contributed by atoms with E-state index in [4.69, 9.17) is 9.97 Å². The van der Waals surface area contributed by atoms with Crippen molar-refractivity contribution >= 4 is 75.9 Å². The maximum Gasteiger partial charge on any atom is 0.235 e. The molecule has 288 valence electrons. The number of aromatic nitrogens is 4. The zero-order chi connectivity index (χ0) is 40.7. The molecule has 0 radical (unpaired) electrons. The maximum atomic E-state index is 5.21. The van der Waals surface area contributed by atoms with Gasteiger partial charge in [0.05, 0.1) is 27.8 Å². The van der Waals surface area contributed by atoms with Crippen molar-refractivity contribution in [1.29, 1.82) is 0 Å². The van der Waals surface area contributed by atoms with E-state index >= 15 is 0 Å². The number of rotatable bonds is 5. The summed E-state index contributed by atoms with van der Waals surface area (Å²) in [4.78, 5) is 10.1. The van der Waals surface area contributed by atoms with Gasteiger partial charge in [0.1, 0.15) is 0 Å². The van der Waals surface area contributed by atoms with Gasteiger partial charge in [0, 0.05) is 39.0 Å². The van der Waals surface area contributed by atoms with Gasteiger partial charge >= 0.3 is 0 Å². The lowest BCUT2D eigenvalue weighted by atomic mass is 9.92. The van der Waals surface area contributed by atoms with Crippen LogP contribution in [0.1, 0.15) is 0 Å². The van der Waals surface area contributed by atoms with Crippen LogP contribution in [-0.2, 0) is 0 Å². The highest BCUT2D eigenvalue weighted by Crippen LogP contribution is 2.40. The third-order valence-corrected chi connectivity index (χ3v) is 12.8. The van der Waals surface area contributed by atoms with Gasteiger partial charge in [-0.05, 0) is 115 Å². The summed E-state index contributed by atoms with van der Waals surface area (Å²) < 4.78 is 4.56. The minimum absolute atomic E-state index is 0.648. The Morgan fingerprint density at radius 2 is 0.694 bits per heavy atom. The standard InChI is InChI=1S/C58H36N4/c1-2-12-42(13-3-1)61-54-20-10-8-18-48(54)51-35-40(27-30-56(51)61)41-28-31-57-52(36-41)49-19-9-11-21-55(49)62(57)58-59-33-32-53(60-58)38-24-22-37(23-25-38)39-26-29-47-45-16-5-4-14-43(45)44-15-6-7-17-46(44)50(47)34-39/h1-36H. The van der Waals surface area contributed by atoms with Crippen molar-refractivity contribution in [3.05, 3.63) is 219 Å². The Morgan fingerprint density at radius 1 is 0.274 bits per heavy atom. The summed E-state index contributed by atoms with van der Waals surface area (Å²) in [6.07, 6.45) is 1.88. The van der Waals surface area contributed by atoms with E-state index in [0.717, 1.165) is 28.0 Å². The molecular weight excluding hydrogens is 753 g/mol. The number of hydrogen-bond donors (Lipinski definition) is 0. The van der Waals surface area contributed by atoms with Crippen LogP contribution in [-0.4, -0.2) is 19.1 Å². The summed E-state index contributed by atoms with van der Waals surface area (Å²) in [5.74, 6) is 0.648. The molecule has 13 aromatic rings. The van der Waals surface area contributed by atoms with E-state index in [-0.39, 0.29) is 0 Å². The number of benzene rings is 10. The molecule has 0 N–H and O–H groups in total. The SMILES string of the molecule is c1ccc(-n2c3ccccc3c3cc(-c4ccc5c(c4)c4ccccc4n5-c4nccc(-c5ccc(-c6ccc7c8ccccc8c8ccccc8c7c6)cc5)n4)ccc32)cc1. The molecule has 0 unspecified atom stereocenters. The smallest absolute Gasteiger partial charge is 0.235 e. The Morgan fingerprint density at radius 3 is 1.32 bits per heavy atom. The van der Waals surface area contributed by atoms with Gasteiger partial charge in [-0.3, -0.25) is 4.57 Å². The second kappa shape index (κ2) is 13.6. The van der Waals surface area contributed by atoms with Crippen LogP contribution in [0.15, 0.2) is 219 Å². The van der Waals surface area contributed by atoms with Gasteiger partial charge in [-0.2, -0.15) is 0 Å². The van der Waals surface area contributed by atoms with Crippen molar-refractivity contribution in [1.82, 2.24) is 19.1 Å².